The Labute approximate surface area is 154 Å². The molecule has 0 fully saturated rings. The number of amides is 2. The standard InChI is InChI=1S/C21H24N2O3/c1-21(2,3)26-20(25)22-17-13-16-11-7-8-12-18(16)23(19(17)24)14-15-9-5-4-6-10-15/h4-12,17H,13-14H2,1-3H3,(H,22,25)/t17-/m0/s1. The minimum Gasteiger partial charge on any atom is -0.444 e. The number of ether oxygens (including phenoxy) is 1. The molecule has 2 amide bonds. The Morgan fingerprint density at radius 2 is 1.77 bits per heavy atom. The monoisotopic (exact) mass is 352 g/mol. The maximum atomic E-state index is 13.0. The van der Waals surface area contributed by atoms with E-state index in [0.29, 0.717) is 13.0 Å². The van der Waals surface area contributed by atoms with E-state index in [9.17, 15) is 9.59 Å². The van der Waals surface area contributed by atoms with Crippen molar-refractivity contribution in [3.63, 3.8) is 0 Å². The molecule has 1 aliphatic heterocycles. The first-order valence-corrected chi connectivity index (χ1v) is 8.76. The molecule has 0 radical (unpaired) electrons. The Kier molecular flexibility index (Phi) is 4.98. The number of nitrogens with one attached hydrogen (secondary N) is 1. The van der Waals surface area contributed by atoms with Gasteiger partial charge in [0.25, 0.3) is 0 Å². The number of anilines is 1. The average molecular weight is 352 g/mol. The number of rotatable bonds is 3. The summed E-state index contributed by atoms with van der Waals surface area (Å²) in [6.07, 6.45) is -0.116. The summed E-state index contributed by atoms with van der Waals surface area (Å²) in [7, 11) is 0. The van der Waals surface area contributed by atoms with Crippen molar-refractivity contribution in [1.29, 1.82) is 0 Å². The van der Waals surface area contributed by atoms with Crippen molar-refractivity contribution >= 4 is 17.7 Å². The third kappa shape index (κ3) is 4.23. The van der Waals surface area contributed by atoms with Gasteiger partial charge in [-0.05, 0) is 38.0 Å². The van der Waals surface area contributed by atoms with Crippen LogP contribution in [-0.2, 0) is 22.5 Å². The van der Waals surface area contributed by atoms with E-state index in [1.54, 1.807) is 25.7 Å². The minimum atomic E-state index is -0.636. The molecule has 0 aromatic heterocycles. The number of fused-ring (bicyclic) bond motifs is 1. The van der Waals surface area contributed by atoms with Crippen LogP contribution >= 0.6 is 0 Å². The smallest absolute Gasteiger partial charge is 0.408 e. The molecule has 0 spiro atoms. The molecule has 5 heteroatoms. The molecule has 0 unspecified atom stereocenters. The summed E-state index contributed by atoms with van der Waals surface area (Å²) in [5, 5.41) is 2.73. The lowest BCUT2D eigenvalue weighted by atomic mass is 9.96. The van der Waals surface area contributed by atoms with E-state index < -0.39 is 17.7 Å². The molecule has 1 N–H and O–H groups in total. The van der Waals surface area contributed by atoms with Crippen molar-refractivity contribution in [3.8, 4) is 0 Å². The maximum Gasteiger partial charge on any atom is 0.408 e. The fraction of sp³-hybridized carbons (Fsp3) is 0.333. The van der Waals surface area contributed by atoms with Crippen molar-refractivity contribution in [2.75, 3.05) is 4.90 Å². The highest BCUT2D eigenvalue weighted by molar-refractivity contribution is 6.01. The maximum absolute atomic E-state index is 13.0. The average Bonchev–Trinajstić information content (AvgIpc) is 2.58. The van der Waals surface area contributed by atoms with E-state index in [2.05, 4.69) is 5.32 Å². The molecular weight excluding hydrogens is 328 g/mol. The van der Waals surface area contributed by atoms with Gasteiger partial charge in [-0.1, -0.05) is 48.5 Å². The van der Waals surface area contributed by atoms with Gasteiger partial charge in [0.05, 0.1) is 6.54 Å². The topological polar surface area (TPSA) is 58.6 Å². The molecule has 136 valence electrons. The number of carbonyl (C=O) groups is 2. The Balaban J connectivity index is 1.84. The van der Waals surface area contributed by atoms with Gasteiger partial charge in [0, 0.05) is 12.1 Å². The number of hydrogen-bond donors (Lipinski definition) is 1. The van der Waals surface area contributed by atoms with Crippen LogP contribution < -0.4 is 10.2 Å². The Hall–Kier alpha value is -2.82. The Morgan fingerprint density at radius 3 is 2.46 bits per heavy atom. The Morgan fingerprint density at radius 1 is 1.12 bits per heavy atom. The number of alkyl carbamates (subject to hydrolysis) is 1. The molecule has 26 heavy (non-hydrogen) atoms. The largest absolute Gasteiger partial charge is 0.444 e. The highest BCUT2D eigenvalue weighted by Gasteiger charge is 2.34. The van der Waals surface area contributed by atoms with Gasteiger partial charge in [0.15, 0.2) is 0 Å². The van der Waals surface area contributed by atoms with Crippen LogP contribution in [0.15, 0.2) is 54.6 Å². The number of para-hydroxylation sites is 1. The molecular formula is C21H24N2O3. The summed E-state index contributed by atoms with van der Waals surface area (Å²) < 4.78 is 5.31. The molecule has 3 rings (SSSR count). The van der Waals surface area contributed by atoms with Crippen LogP contribution in [0.1, 0.15) is 31.9 Å². The highest BCUT2D eigenvalue weighted by atomic mass is 16.6. The fourth-order valence-corrected chi connectivity index (χ4v) is 3.05. The Bertz CT molecular complexity index is 796. The summed E-state index contributed by atoms with van der Waals surface area (Å²) in [6, 6.07) is 17.0. The predicted molar refractivity (Wildman–Crippen MR) is 101 cm³/mol. The normalized spacial score (nSPS) is 16.8. The lowest BCUT2D eigenvalue weighted by Gasteiger charge is -2.35. The second-order valence-electron chi connectivity index (χ2n) is 7.44. The third-order valence-corrected chi connectivity index (χ3v) is 4.15. The second kappa shape index (κ2) is 7.20. The van der Waals surface area contributed by atoms with E-state index in [1.165, 1.54) is 0 Å². The predicted octanol–water partition coefficient (Wildman–Crippen LogP) is 3.67. The molecule has 1 aliphatic rings. The van der Waals surface area contributed by atoms with Crippen LogP contribution in [0, 0.1) is 0 Å². The number of nitrogens with zero attached hydrogens (tertiary/aromatic N) is 1. The highest BCUT2D eigenvalue weighted by Crippen LogP contribution is 2.29. The quantitative estimate of drug-likeness (QED) is 0.917. The van der Waals surface area contributed by atoms with Crippen LogP contribution in [0.5, 0.6) is 0 Å². The van der Waals surface area contributed by atoms with Crippen molar-refractivity contribution in [2.45, 2.75) is 45.4 Å². The molecule has 0 aliphatic carbocycles. The lowest BCUT2D eigenvalue weighted by molar-refractivity contribution is -0.121. The van der Waals surface area contributed by atoms with Crippen molar-refractivity contribution in [1.82, 2.24) is 5.32 Å². The number of hydrogen-bond acceptors (Lipinski definition) is 3. The zero-order valence-electron chi connectivity index (χ0n) is 15.4. The minimum absolute atomic E-state index is 0.126. The van der Waals surface area contributed by atoms with Gasteiger partial charge in [-0.3, -0.25) is 4.79 Å². The van der Waals surface area contributed by atoms with Crippen LogP contribution in [0.2, 0.25) is 0 Å². The summed E-state index contributed by atoms with van der Waals surface area (Å²) >= 11 is 0. The van der Waals surface area contributed by atoms with E-state index in [4.69, 9.17) is 4.74 Å². The van der Waals surface area contributed by atoms with Crippen molar-refractivity contribution in [3.05, 3.63) is 65.7 Å². The molecule has 0 saturated heterocycles. The second-order valence-corrected chi connectivity index (χ2v) is 7.44. The first kappa shape index (κ1) is 18.0. The molecule has 1 heterocycles. The fourth-order valence-electron chi connectivity index (χ4n) is 3.05. The zero-order chi connectivity index (χ0) is 18.7. The van der Waals surface area contributed by atoms with Gasteiger partial charge < -0.3 is 15.0 Å². The SMILES string of the molecule is CC(C)(C)OC(=O)N[C@H]1Cc2ccccc2N(Cc2ccccc2)C1=O. The summed E-state index contributed by atoms with van der Waals surface area (Å²) in [5.74, 6) is -0.126. The molecule has 2 aromatic carbocycles. The van der Waals surface area contributed by atoms with E-state index in [0.717, 1.165) is 16.8 Å². The van der Waals surface area contributed by atoms with Crippen LogP contribution in [0.4, 0.5) is 10.5 Å². The first-order chi connectivity index (χ1) is 12.3. The summed E-state index contributed by atoms with van der Waals surface area (Å²) in [4.78, 5) is 26.9. The van der Waals surface area contributed by atoms with Gasteiger partial charge in [-0.25, -0.2) is 4.79 Å². The van der Waals surface area contributed by atoms with Crippen molar-refractivity contribution < 1.29 is 14.3 Å². The van der Waals surface area contributed by atoms with Crippen molar-refractivity contribution in [2.24, 2.45) is 0 Å². The van der Waals surface area contributed by atoms with Crippen LogP contribution in [0.3, 0.4) is 0 Å². The van der Waals surface area contributed by atoms with E-state index >= 15 is 0 Å². The van der Waals surface area contributed by atoms with Crippen LogP contribution in [-0.4, -0.2) is 23.6 Å². The number of benzene rings is 2. The number of carbonyl (C=O) groups excluding carboxylic acids is 2. The van der Waals surface area contributed by atoms with Gasteiger partial charge in [0.1, 0.15) is 11.6 Å². The van der Waals surface area contributed by atoms with E-state index in [-0.39, 0.29) is 5.91 Å². The molecule has 5 nitrogen and oxygen atoms in total. The molecule has 0 bridgehead atoms. The summed E-state index contributed by atoms with van der Waals surface area (Å²) in [6.45, 7) is 5.86. The molecule has 1 atom stereocenters. The molecule has 2 aromatic rings. The first-order valence-electron chi connectivity index (χ1n) is 8.76. The lowest BCUT2D eigenvalue weighted by Crippen LogP contribution is -2.53. The van der Waals surface area contributed by atoms with Gasteiger partial charge >= 0.3 is 6.09 Å². The van der Waals surface area contributed by atoms with Gasteiger partial charge in [-0.2, -0.15) is 0 Å². The van der Waals surface area contributed by atoms with Gasteiger partial charge in [0.2, 0.25) is 5.91 Å². The van der Waals surface area contributed by atoms with Crippen LogP contribution in [0.25, 0.3) is 0 Å². The molecule has 0 saturated carbocycles. The van der Waals surface area contributed by atoms with Gasteiger partial charge in [-0.15, -0.1) is 0 Å². The third-order valence-electron chi connectivity index (χ3n) is 4.15. The zero-order valence-corrected chi connectivity index (χ0v) is 15.4. The van der Waals surface area contributed by atoms with E-state index in [1.807, 2.05) is 54.6 Å². The summed E-state index contributed by atoms with van der Waals surface area (Å²) in [5.41, 5.74) is 2.35.